The maximum atomic E-state index is 4.45. The molecule has 2 aliphatic rings. The van der Waals surface area contributed by atoms with Crippen molar-refractivity contribution in [1.82, 2.24) is 14.5 Å². The van der Waals surface area contributed by atoms with Crippen molar-refractivity contribution < 1.29 is 0 Å². The largest absolute Gasteiger partial charge is 0.344 e. The summed E-state index contributed by atoms with van der Waals surface area (Å²) in [4.78, 5) is 7.08. The number of rotatable bonds is 4. The number of likely N-dealkylation sites (N-methyl/N-ethyl adjacent to an activating group) is 1. The fraction of sp³-hybridized carbons (Fsp3) is 0.458. The number of aromatic nitrogens is 2. The van der Waals surface area contributed by atoms with Gasteiger partial charge in [-0.1, -0.05) is 17.7 Å². The lowest BCUT2D eigenvalue weighted by Gasteiger charge is -2.32. The molecule has 3 heteroatoms. The highest BCUT2D eigenvalue weighted by atomic mass is 15.2. The van der Waals surface area contributed by atoms with E-state index >= 15 is 0 Å². The standard InChI is InChI=1S/C24H29N3/c1-16-6-10-21-20(13-16)24-22-11-9-19(26(22)3)14-23(24)27(21)12-4-5-18-8-7-17(2)25-15-18/h6-8,10,13,15,19,22H,4-5,9,11-12,14H2,1-3H3. The summed E-state index contributed by atoms with van der Waals surface area (Å²) in [6.07, 6.45) is 8.17. The number of hydrogen-bond acceptors (Lipinski definition) is 2. The Labute approximate surface area is 162 Å². The first-order valence-corrected chi connectivity index (χ1v) is 10.4. The van der Waals surface area contributed by atoms with Crippen LogP contribution in [0.25, 0.3) is 10.9 Å². The van der Waals surface area contributed by atoms with Crippen molar-refractivity contribution in [2.24, 2.45) is 0 Å². The zero-order chi connectivity index (χ0) is 18.5. The summed E-state index contributed by atoms with van der Waals surface area (Å²) in [6.45, 7) is 5.37. The van der Waals surface area contributed by atoms with Gasteiger partial charge in [0.25, 0.3) is 0 Å². The second kappa shape index (κ2) is 6.49. The predicted molar refractivity (Wildman–Crippen MR) is 111 cm³/mol. The molecule has 2 bridgehead atoms. The maximum absolute atomic E-state index is 4.45. The van der Waals surface area contributed by atoms with E-state index in [9.17, 15) is 0 Å². The molecule has 0 N–H and O–H groups in total. The molecule has 4 heterocycles. The van der Waals surface area contributed by atoms with Gasteiger partial charge in [0.05, 0.1) is 0 Å². The Hall–Kier alpha value is -2.13. The Morgan fingerprint density at radius 1 is 1.11 bits per heavy atom. The molecule has 3 nitrogen and oxygen atoms in total. The molecule has 1 aromatic carbocycles. The Kier molecular flexibility index (Phi) is 4.08. The van der Waals surface area contributed by atoms with E-state index in [1.807, 2.05) is 6.20 Å². The molecule has 3 aromatic rings. The van der Waals surface area contributed by atoms with E-state index in [1.165, 1.54) is 47.7 Å². The van der Waals surface area contributed by atoms with Gasteiger partial charge in [-0.3, -0.25) is 9.88 Å². The van der Waals surface area contributed by atoms with E-state index in [2.05, 4.69) is 65.7 Å². The molecule has 2 unspecified atom stereocenters. The molecule has 27 heavy (non-hydrogen) atoms. The molecule has 5 rings (SSSR count). The molecule has 0 aliphatic carbocycles. The summed E-state index contributed by atoms with van der Waals surface area (Å²) in [5, 5.41) is 1.50. The van der Waals surface area contributed by atoms with Crippen molar-refractivity contribution in [3.63, 3.8) is 0 Å². The van der Waals surface area contributed by atoms with Crippen LogP contribution in [0.1, 0.15) is 53.4 Å². The molecule has 1 saturated heterocycles. The third-order valence-corrected chi connectivity index (χ3v) is 6.79. The Balaban J connectivity index is 1.49. The van der Waals surface area contributed by atoms with E-state index in [0.717, 1.165) is 24.7 Å². The maximum Gasteiger partial charge on any atom is 0.0486 e. The van der Waals surface area contributed by atoms with Gasteiger partial charge in [0.2, 0.25) is 0 Å². The summed E-state index contributed by atoms with van der Waals surface area (Å²) in [7, 11) is 2.33. The van der Waals surface area contributed by atoms with E-state index in [0.29, 0.717) is 6.04 Å². The zero-order valence-electron chi connectivity index (χ0n) is 16.7. The summed E-state index contributed by atoms with van der Waals surface area (Å²) < 4.78 is 2.64. The minimum Gasteiger partial charge on any atom is -0.344 e. The van der Waals surface area contributed by atoms with E-state index < -0.39 is 0 Å². The van der Waals surface area contributed by atoms with E-state index in [1.54, 1.807) is 11.3 Å². The minimum absolute atomic E-state index is 0.616. The number of pyridine rings is 1. The molecule has 2 aromatic heterocycles. The molecule has 1 fully saturated rings. The molecule has 0 amide bonds. The first-order chi connectivity index (χ1) is 13.1. The first kappa shape index (κ1) is 17.0. The van der Waals surface area contributed by atoms with Crippen molar-refractivity contribution >= 4 is 10.9 Å². The van der Waals surface area contributed by atoms with Crippen molar-refractivity contribution in [3.05, 3.63) is 64.6 Å². The summed E-state index contributed by atoms with van der Waals surface area (Å²) >= 11 is 0. The van der Waals surface area contributed by atoms with Gasteiger partial charge in [0, 0.05) is 53.5 Å². The monoisotopic (exact) mass is 359 g/mol. The quantitative estimate of drug-likeness (QED) is 0.655. The van der Waals surface area contributed by atoms with Gasteiger partial charge in [-0.25, -0.2) is 0 Å². The molecule has 0 radical (unpaired) electrons. The lowest BCUT2D eigenvalue weighted by atomic mass is 9.97. The number of nitrogens with zero attached hydrogens (tertiary/aromatic N) is 3. The Bertz CT molecular complexity index is 983. The molecule has 140 valence electrons. The van der Waals surface area contributed by atoms with Crippen LogP contribution in [0, 0.1) is 13.8 Å². The van der Waals surface area contributed by atoms with Crippen LogP contribution < -0.4 is 0 Å². The number of fused-ring (bicyclic) bond motifs is 6. The SMILES string of the molecule is Cc1ccc2c(c1)c1c(n2CCCc2ccc(C)nc2)CC2CCC1N2C. The van der Waals surface area contributed by atoms with Crippen LogP contribution in [0.4, 0.5) is 0 Å². The van der Waals surface area contributed by atoms with E-state index in [-0.39, 0.29) is 0 Å². The lowest BCUT2D eigenvalue weighted by Crippen LogP contribution is -2.34. The van der Waals surface area contributed by atoms with Crippen molar-refractivity contribution in [3.8, 4) is 0 Å². The molecular weight excluding hydrogens is 330 g/mol. The summed E-state index contributed by atoms with van der Waals surface area (Å²) in [5.41, 5.74) is 8.50. The van der Waals surface area contributed by atoms with Gasteiger partial charge in [-0.05, 0) is 75.9 Å². The summed E-state index contributed by atoms with van der Waals surface area (Å²) in [6, 6.07) is 12.7. The third-order valence-electron chi connectivity index (χ3n) is 6.79. The number of benzene rings is 1. The van der Waals surface area contributed by atoms with E-state index in [4.69, 9.17) is 0 Å². The smallest absolute Gasteiger partial charge is 0.0486 e. The third kappa shape index (κ3) is 2.80. The van der Waals surface area contributed by atoms with Gasteiger partial charge in [0.1, 0.15) is 0 Å². The van der Waals surface area contributed by atoms with Crippen molar-refractivity contribution in [2.75, 3.05) is 7.05 Å². The van der Waals surface area contributed by atoms with Crippen LogP contribution in [-0.4, -0.2) is 27.5 Å². The normalized spacial score (nSPS) is 21.7. The summed E-state index contributed by atoms with van der Waals surface area (Å²) in [5.74, 6) is 0. The molecule has 0 saturated carbocycles. The van der Waals surface area contributed by atoms with Gasteiger partial charge in [-0.15, -0.1) is 0 Å². The van der Waals surface area contributed by atoms with Gasteiger partial charge < -0.3 is 4.57 Å². The molecular formula is C24H29N3. The minimum atomic E-state index is 0.616. The molecule has 0 spiro atoms. The highest BCUT2D eigenvalue weighted by Gasteiger charge is 2.40. The van der Waals surface area contributed by atoms with Crippen molar-refractivity contribution in [1.29, 1.82) is 0 Å². The second-order valence-corrected chi connectivity index (χ2v) is 8.56. The van der Waals surface area contributed by atoms with Crippen LogP contribution in [0.2, 0.25) is 0 Å². The first-order valence-electron chi connectivity index (χ1n) is 10.4. The van der Waals surface area contributed by atoms with Gasteiger partial charge >= 0.3 is 0 Å². The molecule has 2 aliphatic heterocycles. The lowest BCUT2D eigenvalue weighted by molar-refractivity contribution is 0.222. The Morgan fingerprint density at radius 2 is 2.00 bits per heavy atom. The highest BCUT2D eigenvalue weighted by Crippen LogP contribution is 2.47. The highest BCUT2D eigenvalue weighted by molar-refractivity contribution is 5.87. The number of hydrogen-bond donors (Lipinski definition) is 0. The Morgan fingerprint density at radius 3 is 2.81 bits per heavy atom. The second-order valence-electron chi connectivity index (χ2n) is 8.56. The zero-order valence-corrected chi connectivity index (χ0v) is 16.7. The van der Waals surface area contributed by atoms with Crippen LogP contribution in [0.15, 0.2) is 36.5 Å². The van der Waals surface area contributed by atoms with Crippen molar-refractivity contribution in [2.45, 2.75) is 64.6 Å². The fourth-order valence-corrected chi connectivity index (χ4v) is 5.31. The average Bonchev–Trinajstić information content (AvgIpc) is 3.07. The van der Waals surface area contributed by atoms with Crippen LogP contribution in [0.5, 0.6) is 0 Å². The average molecular weight is 360 g/mol. The van der Waals surface area contributed by atoms with Crippen LogP contribution >= 0.6 is 0 Å². The van der Waals surface area contributed by atoms with Gasteiger partial charge in [-0.2, -0.15) is 0 Å². The van der Waals surface area contributed by atoms with Gasteiger partial charge in [0.15, 0.2) is 0 Å². The molecule has 2 atom stereocenters. The predicted octanol–water partition coefficient (Wildman–Crippen LogP) is 4.98. The fourth-order valence-electron chi connectivity index (χ4n) is 5.31. The number of aryl methyl sites for hydroxylation is 4. The van der Waals surface area contributed by atoms with Crippen LogP contribution in [-0.2, 0) is 19.4 Å². The topological polar surface area (TPSA) is 21.1 Å². The van der Waals surface area contributed by atoms with Crippen LogP contribution in [0.3, 0.4) is 0 Å².